The van der Waals surface area contributed by atoms with Crippen molar-refractivity contribution >= 4 is 5.91 Å². The number of nitrogens with one attached hydrogen (secondary N) is 1. The second kappa shape index (κ2) is 6.44. The number of nitrogens with zero attached hydrogens (tertiary/aromatic N) is 1. The highest BCUT2D eigenvalue weighted by Gasteiger charge is 2.39. The lowest BCUT2D eigenvalue weighted by Crippen LogP contribution is -2.39. The quantitative estimate of drug-likeness (QED) is 0.940. The number of benzene rings is 1. The predicted molar refractivity (Wildman–Crippen MR) is 93.7 cm³/mol. The SMILES string of the molecule is Cc1ccc(-c2ccc(CCC(=O)N3CC[C@H]4CNC[C@H]43)o2)cc1. The minimum Gasteiger partial charge on any atom is -0.461 e. The summed E-state index contributed by atoms with van der Waals surface area (Å²) in [6.07, 6.45) is 2.35. The lowest BCUT2D eigenvalue weighted by molar-refractivity contribution is -0.132. The Morgan fingerprint density at radius 3 is 2.88 bits per heavy atom. The first-order valence-corrected chi connectivity index (χ1v) is 8.86. The van der Waals surface area contributed by atoms with Crippen LogP contribution >= 0.6 is 0 Å². The van der Waals surface area contributed by atoms with Crippen molar-refractivity contribution in [3.8, 4) is 11.3 Å². The van der Waals surface area contributed by atoms with Crippen LogP contribution in [0.1, 0.15) is 24.2 Å². The maximum Gasteiger partial charge on any atom is 0.223 e. The van der Waals surface area contributed by atoms with Gasteiger partial charge in [0.1, 0.15) is 11.5 Å². The van der Waals surface area contributed by atoms with E-state index < -0.39 is 0 Å². The molecule has 2 fully saturated rings. The molecular weight excluding hydrogens is 300 g/mol. The van der Waals surface area contributed by atoms with E-state index in [1.807, 2.05) is 12.1 Å². The smallest absolute Gasteiger partial charge is 0.223 e. The number of carbonyl (C=O) groups is 1. The molecule has 126 valence electrons. The summed E-state index contributed by atoms with van der Waals surface area (Å²) in [5, 5.41) is 3.40. The first kappa shape index (κ1) is 15.5. The van der Waals surface area contributed by atoms with Crippen molar-refractivity contribution in [2.75, 3.05) is 19.6 Å². The van der Waals surface area contributed by atoms with Gasteiger partial charge in [-0.1, -0.05) is 29.8 Å². The van der Waals surface area contributed by atoms with Gasteiger partial charge >= 0.3 is 0 Å². The van der Waals surface area contributed by atoms with Crippen molar-refractivity contribution in [2.24, 2.45) is 5.92 Å². The van der Waals surface area contributed by atoms with Gasteiger partial charge in [-0.05, 0) is 31.4 Å². The maximum absolute atomic E-state index is 12.5. The molecular formula is C20H24N2O2. The Labute approximate surface area is 142 Å². The van der Waals surface area contributed by atoms with E-state index in [2.05, 4.69) is 41.4 Å². The minimum atomic E-state index is 0.263. The predicted octanol–water partition coefficient (Wildman–Crippen LogP) is 3.01. The Bertz CT molecular complexity index is 719. The molecule has 2 atom stereocenters. The number of hydrogen-bond acceptors (Lipinski definition) is 3. The maximum atomic E-state index is 12.5. The van der Waals surface area contributed by atoms with E-state index >= 15 is 0 Å². The zero-order chi connectivity index (χ0) is 16.5. The Balaban J connectivity index is 1.36. The van der Waals surface area contributed by atoms with Crippen LogP contribution in [0.25, 0.3) is 11.3 Å². The normalized spacial score (nSPS) is 22.8. The van der Waals surface area contributed by atoms with Gasteiger partial charge in [0.25, 0.3) is 0 Å². The summed E-state index contributed by atoms with van der Waals surface area (Å²) in [6.45, 7) is 5.01. The summed E-state index contributed by atoms with van der Waals surface area (Å²) >= 11 is 0. The summed E-state index contributed by atoms with van der Waals surface area (Å²) in [6, 6.07) is 12.7. The van der Waals surface area contributed by atoms with Gasteiger partial charge in [-0.2, -0.15) is 0 Å². The van der Waals surface area contributed by atoms with Crippen LogP contribution in [0.5, 0.6) is 0 Å². The second-order valence-corrected chi connectivity index (χ2v) is 6.99. The van der Waals surface area contributed by atoms with Crippen molar-refractivity contribution in [1.29, 1.82) is 0 Å². The summed E-state index contributed by atoms with van der Waals surface area (Å²) in [5.41, 5.74) is 2.32. The number of fused-ring (bicyclic) bond motifs is 1. The Morgan fingerprint density at radius 1 is 1.21 bits per heavy atom. The first-order chi connectivity index (χ1) is 11.7. The lowest BCUT2D eigenvalue weighted by Gasteiger charge is -2.23. The summed E-state index contributed by atoms with van der Waals surface area (Å²) in [7, 11) is 0. The number of carbonyl (C=O) groups excluding carboxylic acids is 1. The molecule has 0 spiro atoms. The van der Waals surface area contributed by atoms with E-state index in [1.54, 1.807) is 0 Å². The van der Waals surface area contributed by atoms with Gasteiger partial charge in [0.2, 0.25) is 5.91 Å². The van der Waals surface area contributed by atoms with Gasteiger partial charge in [0.05, 0.1) is 0 Å². The van der Waals surface area contributed by atoms with E-state index in [1.165, 1.54) is 5.56 Å². The highest BCUT2D eigenvalue weighted by molar-refractivity contribution is 5.77. The molecule has 0 aliphatic carbocycles. The fourth-order valence-electron chi connectivity index (χ4n) is 3.92. The fraction of sp³-hybridized carbons (Fsp3) is 0.450. The molecule has 4 nitrogen and oxygen atoms in total. The molecule has 2 aliphatic heterocycles. The van der Waals surface area contributed by atoms with Crippen LogP contribution in [0.15, 0.2) is 40.8 Å². The molecule has 2 aromatic rings. The van der Waals surface area contributed by atoms with Gasteiger partial charge in [0.15, 0.2) is 0 Å². The molecule has 4 rings (SSSR count). The van der Waals surface area contributed by atoms with E-state index in [-0.39, 0.29) is 5.91 Å². The number of hydrogen-bond donors (Lipinski definition) is 1. The van der Waals surface area contributed by atoms with Crippen molar-refractivity contribution in [2.45, 2.75) is 32.2 Å². The van der Waals surface area contributed by atoms with Crippen LogP contribution in [0, 0.1) is 12.8 Å². The molecule has 0 radical (unpaired) electrons. The third-order valence-electron chi connectivity index (χ3n) is 5.35. The standard InChI is InChI=1S/C20H24N2O2/c1-14-2-4-15(5-3-14)19-8-6-17(24-19)7-9-20(23)22-11-10-16-12-21-13-18(16)22/h2-6,8,16,18,21H,7,9-13H2,1H3/t16-,18+/m0/s1. The summed E-state index contributed by atoms with van der Waals surface area (Å²) < 4.78 is 5.93. The third kappa shape index (κ3) is 2.98. The molecule has 1 aromatic carbocycles. The monoisotopic (exact) mass is 324 g/mol. The molecule has 1 aromatic heterocycles. The number of rotatable bonds is 4. The zero-order valence-corrected chi connectivity index (χ0v) is 14.1. The van der Waals surface area contributed by atoms with Crippen LogP contribution < -0.4 is 5.32 Å². The zero-order valence-electron chi connectivity index (χ0n) is 14.1. The molecule has 3 heterocycles. The van der Waals surface area contributed by atoms with Gasteiger partial charge in [-0.3, -0.25) is 4.79 Å². The second-order valence-electron chi connectivity index (χ2n) is 6.99. The van der Waals surface area contributed by atoms with E-state index in [0.29, 0.717) is 24.8 Å². The Kier molecular flexibility index (Phi) is 4.15. The van der Waals surface area contributed by atoms with Crippen LogP contribution in [0.2, 0.25) is 0 Å². The Hall–Kier alpha value is -2.07. The summed E-state index contributed by atoms with van der Waals surface area (Å²) in [4.78, 5) is 14.6. The average molecular weight is 324 g/mol. The largest absolute Gasteiger partial charge is 0.461 e. The minimum absolute atomic E-state index is 0.263. The number of aryl methyl sites for hydroxylation is 2. The highest BCUT2D eigenvalue weighted by atomic mass is 16.3. The molecule has 0 bridgehead atoms. The highest BCUT2D eigenvalue weighted by Crippen LogP contribution is 2.28. The van der Waals surface area contributed by atoms with Crippen LogP contribution in [0.4, 0.5) is 0 Å². The molecule has 4 heteroatoms. The molecule has 0 saturated carbocycles. The fourth-order valence-corrected chi connectivity index (χ4v) is 3.92. The van der Waals surface area contributed by atoms with Crippen molar-refractivity contribution in [3.05, 3.63) is 47.7 Å². The average Bonchev–Trinajstić information content (AvgIpc) is 3.30. The van der Waals surface area contributed by atoms with Crippen molar-refractivity contribution in [1.82, 2.24) is 10.2 Å². The van der Waals surface area contributed by atoms with Crippen LogP contribution in [-0.4, -0.2) is 36.5 Å². The number of likely N-dealkylation sites (tertiary alicyclic amines) is 1. The Morgan fingerprint density at radius 2 is 2.04 bits per heavy atom. The van der Waals surface area contributed by atoms with E-state index in [4.69, 9.17) is 4.42 Å². The third-order valence-corrected chi connectivity index (χ3v) is 5.35. The van der Waals surface area contributed by atoms with Gasteiger partial charge < -0.3 is 14.6 Å². The lowest BCUT2D eigenvalue weighted by atomic mass is 10.1. The molecule has 2 aliphatic rings. The number of furan rings is 1. The molecule has 2 saturated heterocycles. The molecule has 1 N–H and O–H groups in total. The first-order valence-electron chi connectivity index (χ1n) is 8.86. The van der Waals surface area contributed by atoms with Crippen molar-refractivity contribution < 1.29 is 9.21 Å². The van der Waals surface area contributed by atoms with Crippen LogP contribution in [0.3, 0.4) is 0 Å². The van der Waals surface area contributed by atoms with Gasteiger partial charge in [-0.15, -0.1) is 0 Å². The van der Waals surface area contributed by atoms with Gasteiger partial charge in [-0.25, -0.2) is 0 Å². The topological polar surface area (TPSA) is 45.5 Å². The van der Waals surface area contributed by atoms with Crippen molar-refractivity contribution in [3.63, 3.8) is 0 Å². The molecule has 1 amide bonds. The van der Waals surface area contributed by atoms with Gasteiger partial charge in [0, 0.05) is 44.1 Å². The van der Waals surface area contributed by atoms with E-state index in [0.717, 1.165) is 43.1 Å². The molecule has 0 unspecified atom stereocenters. The van der Waals surface area contributed by atoms with Crippen LogP contribution in [-0.2, 0) is 11.2 Å². The van der Waals surface area contributed by atoms with E-state index in [9.17, 15) is 4.79 Å². The summed E-state index contributed by atoms with van der Waals surface area (Å²) in [5.74, 6) is 2.68. The molecule has 24 heavy (non-hydrogen) atoms. The number of amides is 1.